The molecule has 5 nitrogen and oxygen atoms in total. The number of hydrogen-bond donors (Lipinski definition) is 1. The summed E-state index contributed by atoms with van der Waals surface area (Å²) in [4.78, 5) is 9.18. The molecule has 2 aromatic carbocycles. The van der Waals surface area contributed by atoms with E-state index in [2.05, 4.69) is 20.4 Å². The summed E-state index contributed by atoms with van der Waals surface area (Å²) < 4.78 is 16.4. The van der Waals surface area contributed by atoms with Crippen LogP contribution in [0.15, 0.2) is 60.9 Å². The number of fused-ring (bicyclic) bond motifs is 1. The van der Waals surface area contributed by atoms with E-state index in [9.17, 15) is 4.39 Å². The smallest absolute Gasteiger partial charge is 0.253 e. The van der Waals surface area contributed by atoms with Crippen molar-refractivity contribution in [1.82, 2.24) is 19.7 Å². The minimum Gasteiger partial charge on any atom is -0.367 e. The van der Waals surface area contributed by atoms with Crippen molar-refractivity contribution in [3.63, 3.8) is 0 Å². The molecule has 1 aliphatic rings. The Bertz CT molecular complexity index is 1090. The summed E-state index contributed by atoms with van der Waals surface area (Å²) in [5.74, 6) is 0.919. The SMILES string of the molecule is Fc1cc2nc(-n3cccn3)nc(NC3CC3)c2cc1Cc1ccccc1. The van der Waals surface area contributed by atoms with Gasteiger partial charge in [-0.2, -0.15) is 10.1 Å². The summed E-state index contributed by atoms with van der Waals surface area (Å²) in [5, 5.41) is 8.49. The van der Waals surface area contributed by atoms with E-state index in [1.807, 2.05) is 42.5 Å². The molecule has 134 valence electrons. The van der Waals surface area contributed by atoms with Crippen LogP contribution in [-0.2, 0) is 6.42 Å². The second kappa shape index (κ2) is 6.46. The Balaban J connectivity index is 1.63. The van der Waals surface area contributed by atoms with Crippen molar-refractivity contribution in [2.45, 2.75) is 25.3 Å². The third-order valence-electron chi connectivity index (χ3n) is 4.72. The molecule has 4 aromatic rings. The predicted molar refractivity (Wildman–Crippen MR) is 103 cm³/mol. The maximum Gasteiger partial charge on any atom is 0.253 e. The lowest BCUT2D eigenvalue weighted by Gasteiger charge is -2.12. The molecule has 27 heavy (non-hydrogen) atoms. The molecule has 0 atom stereocenters. The largest absolute Gasteiger partial charge is 0.367 e. The average Bonchev–Trinajstić information content (AvgIpc) is 3.32. The molecule has 0 amide bonds. The number of benzene rings is 2. The zero-order chi connectivity index (χ0) is 18.2. The Morgan fingerprint density at radius 2 is 1.93 bits per heavy atom. The van der Waals surface area contributed by atoms with Gasteiger partial charge in [-0.3, -0.25) is 0 Å². The van der Waals surface area contributed by atoms with E-state index in [0.717, 1.165) is 29.6 Å². The first-order valence-corrected chi connectivity index (χ1v) is 9.07. The Morgan fingerprint density at radius 3 is 2.67 bits per heavy atom. The molecule has 1 fully saturated rings. The topological polar surface area (TPSA) is 55.6 Å². The second-order valence-corrected chi connectivity index (χ2v) is 6.86. The van der Waals surface area contributed by atoms with Crippen molar-refractivity contribution >= 4 is 16.7 Å². The van der Waals surface area contributed by atoms with Crippen LogP contribution in [0.4, 0.5) is 10.2 Å². The van der Waals surface area contributed by atoms with Crippen LogP contribution in [0.1, 0.15) is 24.0 Å². The summed E-state index contributed by atoms with van der Waals surface area (Å²) in [7, 11) is 0. The molecule has 0 spiro atoms. The first kappa shape index (κ1) is 15.9. The highest BCUT2D eigenvalue weighted by Crippen LogP contribution is 2.30. The van der Waals surface area contributed by atoms with E-state index < -0.39 is 0 Å². The molecular weight excluding hydrogens is 341 g/mol. The van der Waals surface area contributed by atoms with Gasteiger partial charge in [-0.25, -0.2) is 14.1 Å². The zero-order valence-corrected chi connectivity index (χ0v) is 14.6. The van der Waals surface area contributed by atoms with Gasteiger partial charge in [0, 0.05) is 36.3 Å². The Hall–Kier alpha value is -3.28. The molecule has 0 saturated heterocycles. The van der Waals surface area contributed by atoms with Crippen LogP contribution >= 0.6 is 0 Å². The normalized spacial score (nSPS) is 13.8. The molecule has 0 aliphatic heterocycles. The van der Waals surface area contributed by atoms with Crippen LogP contribution in [0.5, 0.6) is 0 Å². The van der Waals surface area contributed by atoms with Gasteiger partial charge in [-0.05, 0) is 36.1 Å². The van der Waals surface area contributed by atoms with Crippen LogP contribution in [-0.4, -0.2) is 25.8 Å². The summed E-state index contributed by atoms with van der Waals surface area (Å²) in [6, 6.07) is 15.5. The van der Waals surface area contributed by atoms with Crippen molar-refractivity contribution < 1.29 is 4.39 Å². The number of aromatic nitrogens is 4. The molecular formula is C21H18FN5. The third-order valence-corrected chi connectivity index (χ3v) is 4.72. The van der Waals surface area contributed by atoms with Gasteiger partial charge in [0.05, 0.1) is 5.52 Å². The first-order chi connectivity index (χ1) is 13.3. The van der Waals surface area contributed by atoms with Crippen molar-refractivity contribution in [3.8, 4) is 5.95 Å². The molecule has 2 aromatic heterocycles. The molecule has 6 heteroatoms. The van der Waals surface area contributed by atoms with Crippen LogP contribution in [0.2, 0.25) is 0 Å². The number of nitrogens with one attached hydrogen (secondary N) is 1. The Kier molecular flexibility index (Phi) is 3.81. The minimum atomic E-state index is -0.256. The number of rotatable bonds is 5. The average molecular weight is 359 g/mol. The summed E-state index contributed by atoms with van der Waals surface area (Å²) in [5.41, 5.74) is 2.29. The lowest BCUT2D eigenvalue weighted by Crippen LogP contribution is -2.09. The fraction of sp³-hybridized carbons (Fsp3) is 0.190. The zero-order valence-electron chi connectivity index (χ0n) is 14.6. The van der Waals surface area contributed by atoms with Gasteiger partial charge < -0.3 is 5.32 Å². The van der Waals surface area contributed by atoms with Gasteiger partial charge in [0.2, 0.25) is 0 Å². The molecule has 0 radical (unpaired) electrons. The fourth-order valence-electron chi connectivity index (χ4n) is 3.15. The van der Waals surface area contributed by atoms with Crippen molar-refractivity contribution in [3.05, 3.63) is 77.9 Å². The first-order valence-electron chi connectivity index (χ1n) is 9.07. The van der Waals surface area contributed by atoms with Gasteiger partial charge in [0.1, 0.15) is 11.6 Å². The van der Waals surface area contributed by atoms with Gasteiger partial charge in [0.15, 0.2) is 0 Å². The highest BCUT2D eigenvalue weighted by atomic mass is 19.1. The minimum absolute atomic E-state index is 0.256. The number of hydrogen-bond acceptors (Lipinski definition) is 4. The van der Waals surface area contributed by atoms with Crippen LogP contribution in [0.25, 0.3) is 16.9 Å². The van der Waals surface area contributed by atoms with Gasteiger partial charge in [0.25, 0.3) is 5.95 Å². The highest BCUT2D eigenvalue weighted by molar-refractivity contribution is 5.90. The molecule has 1 aliphatic carbocycles. The van der Waals surface area contributed by atoms with Crippen molar-refractivity contribution in [1.29, 1.82) is 0 Å². The standard InChI is InChI=1S/C21H18FN5/c22-18-13-19-17(12-15(18)11-14-5-2-1-3-6-14)20(24-16-7-8-16)26-21(25-19)27-10-4-9-23-27/h1-6,9-10,12-13,16H,7-8,11H2,(H,24,25,26). The number of anilines is 1. The maximum absolute atomic E-state index is 14.8. The van der Waals surface area contributed by atoms with E-state index in [1.165, 1.54) is 6.07 Å². The molecule has 2 heterocycles. The van der Waals surface area contributed by atoms with E-state index in [4.69, 9.17) is 0 Å². The number of nitrogens with zero attached hydrogens (tertiary/aromatic N) is 4. The quantitative estimate of drug-likeness (QED) is 0.582. The number of halogens is 1. The van der Waals surface area contributed by atoms with E-state index in [1.54, 1.807) is 17.1 Å². The highest BCUT2D eigenvalue weighted by Gasteiger charge is 2.23. The van der Waals surface area contributed by atoms with Gasteiger partial charge >= 0.3 is 0 Å². The summed E-state index contributed by atoms with van der Waals surface area (Å²) >= 11 is 0. The van der Waals surface area contributed by atoms with E-state index in [-0.39, 0.29) is 5.82 Å². The van der Waals surface area contributed by atoms with Gasteiger partial charge in [-0.15, -0.1) is 0 Å². The summed E-state index contributed by atoms with van der Waals surface area (Å²) in [6.07, 6.45) is 6.24. The Labute approximate surface area is 155 Å². The lowest BCUT2D eigenvalue weighted by atomic mass is 10.0. The van der Waals surface area contributed by atoms with E-state index >= 15 is 0 Å². The monoisotopic (exact) mass is 359 g/mol. The molecule has 1 N–H and O–H groups in total. The van der Waals surface area contributed by atoms with Crippen molar-refractivity contribution in [2.75, 3.05) is 5.32 Å². The molecule has 5 rings (SSSR count). The third kappa shape index (κ3) is 3.26. The van der Waals surface area contributed by atoms with Crippen LogP contribution in [0, 0.1) is 5.82 Å². The van der Waals surface area contributed by atoms with Crippen molar-refractivity contribution in [2.24, 2.45) is 0 Å². The molecule has 0 bridgehead atoms. The maximum atomic E-state index is 14.8. The molecule has 0 unspecified atom stereocenters. The van der Waals surface area contributed by atoms with E-state index in [0.29, 0.717) is 29.5 Å². The summed E-state index contributed by atoms with van der Waals surface area (Å²) in [6.45, 7) is 0. The predicted octanol–water partition coefficient (Wildman–Crippen LogP) is 4.12. The van der Waals surface area contributed by atoms with Crippen LogP contribution in [0.3, 0.4) is 0 Å². The second-order valence-electron chi connectivity index (χ2n) is 6.86. The molecule has 1 saturated carbocycles. The van der Waals surface area contributed by atoms with Gasteiger partial charge in [-0.1, -0.05) is 30.3 Å². The van der Waals surface area contributed by atoms with Crippen LogP contribution < -0.4 is 5.32 Å². The fourth-order valence-corrected chi connectivity index (χ4v) is 3.15. The lowest BCUT2D eigenvalue weighted by molar-refractivity contribution is 0.615. The Morgan fingerprint density at radius 1 is 1.07 bits per heavy atom.